The van der Waals surface area contributed by atoms with Gasteiger partial charge in [-0.05, 0) is 13.8 Å². The molecule has 114 valence electrons. The minimum atomic E-state index is -3.82. The van der Waals surface area contributed by atoms with Crippen LogP contribution < -0.4 is 0 Å². The third-order valence-electron chi connectivity index (χ3n) is 2.56. The Labute approximate surface area is 118 Å². The molecule has 20 heavy (non-hydrogen) atoms. The zero-order chi connectivity index (χ0) is 15.2. The lowest BCUT2D eigenvalue weighted by Crippen LogP contribution is -2.38. The summed E-state index contributed by atoms with van der Waals surface area (Å²) in [5.41, 5.74) is 0.413. The van der Waals surface area contributed by atoms with E-state index >= 15 is 0 Å². The zero-order valence-electron chi connectivity index (χ0n) is 11.7. The molecule has 0 atom stereocenters. The number of methoxy groups -OCH3 is 1. The molecule has 1 N–H and O–H groups in total. The molecule has 1 aromatic rings. The van der Waals surface area contributed by atoms with E-state index in [-0.39, 0.29) is 31.2 Å². The van der Waals surface area contributed by atoms with Crippen LogP contribution in [0.25, 0.3) is 0 Å². The number of ether oxygens (including phenoxy) is 2. The van der Waals surface area contributed by atoms with Crippen LogP contribution in [-0.4, -0.2) is 62.3 Å². The highest BCUT2D eigenvalue weighted by Gasteiger charge is 2.29. The molecule has 0 saturated heterocycles. The molecular weight excluding hydrogens is 286 g/mol. The number of aromatic nitrogens is 2. The topological polar surface area (TPSA) is 102 Å². The Kier molecular flexibility index (Phi) is 6.11. The minimum absolute atomic E-state index is 0.0397. The average molecular weight is 305 g/mol. The lowest BCUT2D eigenvalue weighted by molar-refractivity contribution is -0.143. The van der Waals surface area contributed by atoms with Gasteiger partial charge in [0.2, 0.25) is 10.0 Å². The Morgan fingerprint density at radius 1 is 1.50 bits per heavy atom. The van der Waals surface area contributed by atoms with Crippen molar-refractivity contribution in [3.05, 3.63) is 11.9 Å². The summed E-state index contributed by atoms with van der Waals surface area (Å²) < 4.78 is 35.6. The van der Waals surface area contributed by atoms with Crippen molar-refractivity contribution in [3.63, 3.8) is 0 Å². The Hall–Kier alpha value is -1.45. The van der Waals surface area contributed by atoms with E-state index in [1.807, 2.05) is 0 Å². The zero-order valence-corrected chi connectivity index (χ0v) is 12.6. The summed E-state index contributed by atoms with van der Waals surface area (Å²) >= 11 is 0. The molecule has 0 unspecified atom stereocenters. The second-order valence-corrected chi connectivity index (χ2v) is 5.90. The van der Waals surface area contributed by atoms with Crippen LogP contribution in [0.2, 0.25) is 0 Å². The van der Waals surface area contributed by atoms with Crippen LogP contribution in [0.4, 0.5) is 0 Å². The van der Waals surface area contributed by atoms with Crippen molar-refractivity contribution in [1.29, 1.82) is 0 Å². The number of nitrogens with one attached hydrogen (secondary N) is 1. The van der Waals surface area contributed by atoms with Gasteiger partial charge in [0.25, 0.3) is 0 Å². The van der Waals surface area contributed by atoms with Gasteiger partial charge in [-0.2, -0.15) is 9.40 Å². The van der Waals surface area contributed by atoms with Gasteiger partial charge >= 0.3 is 5.97 Å². The standard InChI is InChI=1S/C11H19N3O5S/c1-4-19-11(15)8-14(5-6-18-3)20(16,17)10-7-12-13-9(10)2/h7H,4-6,8H2,1-3H3,(H,12,13). The number of esters is 1. The maximum absolute atomic E-state index is 12.5. The van der Waals surface area contributed by atoms with E-state index in [4.69, 9.17) is 9.47 Å². The first-order chi connectivity index (χ1) is 9.43. The lowest BCUT2D eigenvalue weighted by atomic mass is 10.5. The van der Waals surface area contributed by atoms with Gasteiger partial charge in [0.1, 0.15) is 11.4 Å². The van der Waals surface area contributed by atoms with Crippen LogP contribution in [0.5, 0.6) is 0 Å². The molecule has 9 heteroatoms. The Morgan fingerprint density at radius 2 is 2.20 bits per heavy atom. The van der Waals surface area contributed by atoms with Crippen LogP contribution in [-0.2, 0) is 24.3 Å². The quantitative estimate of drug-likeness (QED) is 0.674. The van der Waals surface area contributed by atoms with Crippen LogP contribution in [0.3, 0.4) is 0 Å². The van der Waals surface area contributed by atoms with E-state index in [9.17, 15) is 13.2 Å². The number of carbonyl (C=O) groups excluding carboxylic acids is 1. The molecule has 0 spiro atoms. The van der Waals surface area contributed by atoms with Gasteiger partial charge < -0.3 is 9.47 Å². The molecule has 1 heterocycles. The smallest absolute Gasteiger partial charge is 0.321 e. The highest BCUT2D eigenvalue weighted by atomic mass is 32.2. The maximum atomic E-state index is 12.5. The number of hydrogen-bond acceptors (Lipinski definition) is 6. The number of hydrogen-bond donors (Lipinski definition) is 1. The predicted octanol–water partition coefficient (Wildman–Crippen LogP) is -0.0817. The molecule has 1 rings (SSSR count). The number of nitrogens with zero attached hydrogens (tertiary/aromatic N) is 2. The first-order valence-electron chi connectivity index (χ1n) is 6.08. The summed E-state index contributed by atoms with van der Waals surface area (Å²) in [6.07, 6.45) is 1.22. The number of rotatable bonds is 8. The van der Waals surface area contributed by atoms with Crippen LogP contribution in [0.15, 0.2) is 11.1 Å². The van der Waals surface area contributed by atoms with Gasteiger partial charge in [-0.25, -0.2) is 8.42 Å². The second kappa shape index (κ2) is 7.36. The van der Waals surface area contributed by atoms with E-state index in [2.05, 4.69) is 10.2 Å². The normalized spacial score (nSPS) is 11.8. The maximum Gasteiger partial charge on any atom is 0.321 e. The van der Waals surface area contributed by atoms with Crippen molar-refractivity contribution < 1.29 is 22.7 Å². The average Bonchev–Trinajstić information content (AvgIpc) is 2.81. The van der Waals surface area contributed by atoms with E-state index in [1.54, 1.807) is 13.8 Å². The number of sulfonamides is 1. The molecule has 0 amide bonds. The molecule has 0 aromatic carbocycles. The number of aromatic amines is 1. The number of carbonyl (C=O) groups is 1. The Bertz CT molecular complexity index is 540. The van der Waals surface area contributed by atoms with E-state index in [1.165, 1.54) is 13.3 Å². The fraction of sp³-hybridized carbons (Fsp3) is 0.636. The Morgan fingerprint density at radius 3 is 2.70 bits per heavy atom. The summed E-state index contributed by atoms with van der Waals surface area (Å²) in [5, 5.41) is 6.25. The van der Waals surface area contributed by atoms with Crippen molar-refractivity contribution in [2.45, 2.75) is 18.7 Å². The monoisotopic (exact) mass is 305 g/mol. The minimum Gasteiger partial charge on any atom is -0.465 e. The predicted molar refractivity (Wildman–Crippen MR) is 70.6 cm³/mol. The van der Waals surface area contributed by atoms with E-state index < -0.39 is 16.0 Å². The second-order valence-electron chi connectivity index (χ2n) is 4.00. The van der Waals surface area contributed by atoms with Gasteiger partial charge in [0.15, 0.2) is 0 Å². The van der Waals surface area contributed by atoms with Gasteiger partial charge in [0, 0.05) is 13.7 Å². The summed E-state index contributed by atoms with van der Waals surface area (Å²) in [4.78, 5) is 11.6. The first-order valence-corrected chi connectivity index (χ1v) is 7.52. The molecule has 8 nitrogen and oxygen atoms in total. The summed E-state index contributed by atoms with van der Waals surface area (Å²) in [6.45, 7) is 3.33. The van der Waals surface area contributed by atoms with Crippen molar-refractivity contribution in [2.24, 2.45) is 0 Å². The van der Waals surface area contributed by atoms with Crippen LogP contribution >= 0.6 is 0 Å². The molecule has 0 aliphatic heterocycles. The third kappa shape index (κ3) is 4.02. The molecule has 0 bridgehead atoms. The lowest BCUT2D eigenvalue weighted by Gasteiger charge is -2.20. The SMILES string of the molecule is CCOC(=O)CN(CCOC)S(=O)(=O)c1cn[nH]c1C. The highest BCUT2D eigenvalue weighted by Crippen LogP contribution is 2.17. The highest BCUT2D eigenvalue weighted by molar-refractivity contribution is 7.89. The molecule has 0 radical (unpaired) electrons. The molecule has 0 aliphatic rings. The van der Waals surface area contributed by atoms with Crippen molar-refractivity contribution in [1.82, 2.24) is 14.5 Å². The molecule has 0 fully saturated rings. The fourth-order valence-electron chi connectivity index (χ4n) is 1.57. The third-order valence-corrected chi connectivity index (χ3v) is 4.52. The number of aryl methyl sites for hydroxylation is 1. The van der Waals surface area contributed by atoms with E-state index in [0.717, 1.165) is 4.31 Å². The van der Waals surface area contributed by atoms with Crippen LogP contribution in [0.1, 0.15) is 12.6 Å². The van der Waals surface area contributed by atoms with Crippen molar-refractivity contribution in [3.8, 4) is 0 Å². The molecule has 0 aliphatic carbocycles. The van der Waals surface area contributed by atoms with Gasteiger partial charge in [-0.1, -0.05) is 0 Å². The summed E-state index contributed by atoms with van der Waals surface area (Å²) in [6, 6.07) is 0. The van der Waals surface area contributed by atoms with E-state index in [0.29, 0.717) is 5.69 Å². The molecular formula is C11H19N3O5S. The van der Waals surface area contributed by atoms with Crippen molar-refractivity contribution in [2.75, 3.05) is 33.4 Å². The largest absolute Gasteiger partial charge is 0.465 e. The summed E-state index contributed by atoms with van der Waals surface area (Å²) in [5.74, 6) is -0.603. The first kappa shape index (κ1) is 16.6. The Balaban J connectivity index is 2.97. The fourth-order valence-corrected chi connectivity index (χ4v) is 3.05. The summed E-state index contributed by atoms with van der Waals surface area (Å²) in [7, 11) is -2.36. The van der Waals surface area contributed by atoms with Gasteiger partial charge in [-0.3, -0.25) is 9.89 Å². The molecule has 0 saturated carbocycles. The van der Waals surface area contributed by atoms with Crippen LogP contribution in [0, 0.1) is 6.92 Å². The molecule has 1 aromatic heterocycles. The van der Waals surface area contributed by atoms with Gasteiger partial charge in [0.05, 0.1) is 25.1 Å². The van der Waals surface area contributed by atoms with Gasteiger partial charge in [-0.15, -0.1) is 0 Å². The number of H-pyrrole nitrogens is 1. The van der Waals surface area contributed by atoms with Crippen molar-refractivity contribution >= 4 is 16.0 Å².